The van der Waals surface area contributed by atoms with Crippen LogP contribution in [0, 0.1) is 6.92 Å². The van der Waals surface area contributed by atoms with Gasteiger partial charge in [0.25, 0.3) is 0 Å². The molecule has 0 amide bonds. The van der Waals surface area contributed by atoms with Crippen LogP contribution in [0.2, 0.25) is 5.02 Å². The predicted molar refractivity (Wildman–Crippen MR) is 117 cm³/mol. The summed E-state index contributed by atoms with van der Waals surface area (Å²) in [6, 6.07) is 17.9. The second-order valence-electron chi connectivity index (χ2n) is 7.42. The number of aromatic nitrogens is 4. The van der Waals surface area contributed by atoms with Crippen LogP contribution in [0.3, 0.4) is 0 Å². The molecule has 148 valence electrons. The molecule has 2 aliphatic heterocycles. The number of aliphatic imine (C=N–C) groups is 1. The Bertz CT molecular complexity index is 1290. The SMILES string of the molecule is Cc1nn(-c2ccccc2)c2nc3c(nc12)C1=NCCN1C(c1ccc(Cl)cc1)N3. The summed E-state index contributed by atoms with van der Waals surface area (Å²) in [5.74, 6) is 1.60. The molecule has 0 spiro atoms. The van der Waals surface area contributed by atoms with Gasteiger partial charge in [-0.15, -0.1) is 0 Å². The number of benzene rings is 2. The first-order valence-electron chi connectivity index (χ1n) is 9.85. The lowest BCUT2D eigenvalue weighted by atomic mass is 10.1. The summed E-state index contributed by atoms with van der Waals surface area (Å²) in [7, 11) is 0. The lowest BCUT2D eigenvalue weighted by Gasteiger charge is -2.36. The van der Waals surface area contributed by atoms with E-state index in [0.717, 1.165) is 58.5 Å². The summed E-state index contributed by atoms with van der Waals surface area (Å²) in [4.78, 5) is 16.9. The Morgan fingerprint density at radius 1 is 1.03 bits per heavy atom. The Morgan fingerprint density at radius 2 is 1.83 bits per heavy atom. The van der Waals surface area contributed by atoms with Crippen molar-refractivity contribution in [2.75, 3.05) is 18.4 Å². The van der Waals surface area contributed by atoms with Crippen molar-refractivity contribution in [3.8, 4) is 5.69 Å². The van der Waals surface area contributed by atoms with Crippen LogP contribution < -0.4 is 5.32 Å². The average molecular weight is 416 g/mol. The minimum Gasteiger partial charge on any atom is -0.344 e. The van der Waals surface area contributed by atoms with Crippen LogP contribution >= 0.6 is 11.6 Å². The van der Waals surface area contributed by atoms with Gasteiger partial charge in [-0.3, -0.25) is 4.99 Å². The van der Waals surface area contributed by atoms with Crippen molar-refractivity contribution in [2.24, 2.45) is 4.99 Å². The first-order chi connectivity index (χ1) is 14.7. The minimum atomic E-state index is -0.0723. The summed E-state index contributed by atoms with van der Waals surface area (Å²) in [5, 5.41) is 8.99. The Hall–Kier alpha value is -3.45. The Morgan fingerprint density at radius 3 is 2.63 bits per heavy atom. The highest BCUT2D eigenvalue weighted by molar-refractivity contribution is 6.30. The maximum atomic E-state index is 6.10. The Kier molecular flexibility index (Phi) is 3.79. The topological polar surface area (TPSA) is 71.2 Å². The van der Waals surface area contributed by atoms with Crippen molar-refractivity contribution < 1.29 is 0 Å². The molecule has 4 aromatic rings. The highest BCUT2D eigenvalue weighted by atomic mass is 35.5. The fourth-order valence-corrected chi connectivity index (χ4v) is 4.23. The zero-order chi connectivity index (χ0) is 20.2. The average Bonchev–Trinajstić information content (AvgIpc) is 3.38. The zero-order valence-corrected chi connectivity index (χ0v) is 17.0. The lowest BCUT2D eigenvalue weighted by molar-refractivity contribution is 0.368. The van der Waals surface area contributed by atoms with Crippen LogP contribution in [-0.4, -0.2) is 43.6 Å². The van der Waals surface area contributed by atoms with E-state index in [4.69, 9.17) is 31.7 Å². The van der Waals surface area contributed by atoms with Gasteiger partial charge in [-0.2, -0.15) is 5.10 Å². The molecule has 1 N–H and O–H groups in total. The molecular weight excluding hydrogens is 398 g/mol. The molecule has 30 heavy (non-hydrogen) atoms. The smallest absolute Gasteiger partial charge is 0.184 e. The van der Waals surface area contributed by atoms with Crippen molar-refractivity contribution in [1.82, 2.24) is 24.6 Å². The first kappa shape index (κ1) is 17.4. The lowest BCUT2D eigenvalue weighted by Crippen LogP contribution is -2.42. The molecule has 0 aliphatic carbocycles. The number of halogens is 1. The van der Waals surface area contributed by atoms with Crippen LogP contribution in [0.1, 0.15) is 23.1 Å². The number of hydrogen-bond acceptors (Lipinski definition) is 6. The molecule has 0 saturated heterocycles. The van der Waals surface area contributed by atoms with Gasteiger partial charge in [0.15, 0.2) is 17.3 Å². The number of nitrogens with one attached hydrogen (secondary N) is 1. The van der Waals surface area contributed by atoms with E-state index >= 15 is 0 Å². The van der Waals surface area contributed by atoms with Gasteiger partial charge in [0.05, 0.1) is 17.9 Å². The Balaban J connectivity index is 1.53. The van der Waals surface area contributed by atoms with Gasteiger partial charge in [0.2, 0.25) is 0 Å². The number of fused-ring (bicyclic) bond motifs is 4. The van der Waals surface area contributed by atoms with Crippen molar-refractivity contribution >= 4 is 34.4 Å². The summed E-state index contributed by atoms with van der Waals surface area (Å²) >= 11 is 6.10. The van der Waals surface area contributed by atoms with Gasteiger partial charge in [-0.1, -0.05) is 41.9 Å². The van der Waals surface area contributed by atoms with Crippen LogP contribution in [0.25, 0.3) is 16.9 Å². The highest BCUT2D eigenvalue weighted by Gasteiger charge is 2.36. The molecule has 4 heterocycles. The van der Waals surface area contributed by atoms with E-state index in [-0.39, 0.29) is 6.17 Å². The van der Waals surface area contributed by atoms with Crippen LogP contribution in [0.5, 0.6) is 0 Å². The molecule has 0 bridgehead atoms. The van der Waals surface area contributed by atoms with Gasteiger partial charge in [-0.25, -0.2) is 14.6 Å². The van der Waals surface area contributed by atoms with E-state index < -0.39 is 0 Å². The van der Waals surface area contributed by atoms with Gasteiger partial charge in [0.1, 0.15) is 17.4 Å². The van der Waals surface area contributed by atoms with Crippen molar-refractivity contribution in [3.63, 3.8) is 0 Å². The Labute approximate surface area is 178 Å². The van der Waals surface area contributed by atoms with Crippen LogP contribution in [0.15, 0.2) is 59.6 Å². The van der Waals surface area contributed by atoms with E-state index in [9.17, 15) is 0 Å². The van der Waals surface area contributed by atoms with Crippen molar-refractivity contribution in [1.29, 1.82) is 0 Å². The summed E-state index contributed by atoms with van der Waals surface area (Å²) < 4.78 is 1.85. The minimum absolute atomic E-state index is 0.0723. The maximum Gasteiger partial charge on any atom is 0.184 e. The van der Waals surface area contributed by atoms with Crippen LogP contribution in [-0.2, 0) is 0 Å². The quantitative estimate of drug-likeness (QED) is 0.536. The first-order valence-corrected chi connectivity index (χ1v) is 10.2. The standard InChI is InChI=1S/C22H18ClN7/c1-13-17-22(30(28-13)16-5-3-2-4-6-16)27-19-18(25-17)21-24-11-12-29(21)20(26-19)14-7-9-15(23)10-8-14/h2-10,20H,11-12H2,1H3,(H,26,27). The van der Waals surface area contributed by atoms with E-state index in [1.54, 1.807) is 0 Å². The molecule has 6 rings (SSSR count). The molecule has 1 unspecified atom stereocenters. The molecule has 2 aliphatic rings. The van der Waals surface area contributed by atoms with Crippen molar-refractivity contribution in [2.45, 2.75) is 13.1 Å². The molecule has 2 aromatic heterocycles. The molecule has 8 heteroatoms. The number of para-hydroxylation sites is 1. The highest BCUT2D eigenvalue weighted by Crippen LogP contribution is 2.35. The monoisotopic (exact) mass is 415 g/mol. The molecule has 2 aromatic carbocycles. The number of anilines is 1. The van der Waals surface area contributed by atoms with Crippen molar-refractivity contribution in [3.05, 3.63) is 76.6 Å². The van der Waals surface area contributed by atoms with E-state index in [1.807, 2.05) is 66.2 Å². The molecular formula is C22H18ClN7. The van der Waals surface area contributed by atoms with Crippen LogP contribution in [0.4, 0.5) is 5.82 Å². The second-order valence-corrected chi connectivity index (χ2v) is 7.86. The van der Waals surface area contributed by atoms with E-state index in [2.05, 4.69) is 10.2 Å². The molecule has 7 nitrogen and oxygen atoms in total. The second kappa shape index (κ2) is 6.53. The fourth-order valence-electron chi connectivity index (χ4n) is 4.11. The predicted octanol–water partition coefficient (Wildman–Crippen LogP) is 3.96. The number of rotatable bonds is 2. The number of nitrogens with zero attached hydrogens (tertiary/aromatic N) is 6. The number of hydrogen-bond donors (Lipinski definition) is 1. The normalized spacial score (nSPS) is 17.5. The fraction of sp³-hybridized carbons (Fsp3) is 0.182. The molecule has 0 radical (unpaired) electrons. The molecule has 0 fully saturated rings. The molecule has 0 saturated carbocycles. The summed E-state index contributed by atoms with van der Waals surface area (Å²) in [6.45, 7) is 3.53. The van der Waals surface area contributed by atoms with Gasteiger partial charge in [-0.05, 0) is 36.8 Å². The maximum absolute atomic E-state index is 6.10. The van der Waals surface area contributed by atoms with E-state index in [0.29, 0.717) is 5.02 Å². The van der Waals surface area contributed by atoms with Gasteiger partial charge < -0.3 is 10.2 Å². The third kappa shape index (κ3) is 2.59. The largest absolute Gasteiger partial charge is 0.344 e. The van der Waals surface area contributed by atoms with E-state index in [1.165, 1.54) is 0 Å². The third-order valence-electron chi connectivity index (χ3n) is 5.53. The summed E-state index contributed by atoms with van der Waals surface area (Å²) in [6.07, 6.45) is -0.0723. The number of aryl methyl sites for hydroxylation is 1. The number of amidine groups is 1. The molecule has 1 atom stereocenters. The zero-order valence-electron chi connectivity index (χ0n) is 16.2. The summed E-state index contributed by atoms with van der Waals surface area (Å²) in [5.41, 5.74) is 5.20. The third-order valence-corrected chi connectivity index (χ3v) is 5.78. The van der Waals surface area contributed by atoms with Gasteiger partial charge >= 0.3 is 0 Å². The van der Waals surface area contributed by atoms with Gasteiger partial charge in [0, 0.05) is 11.6 Å².